The van der Waals surface area contributed by atoms with Crippen LogP contribution in [0, 0.1) is 5.21 Å². The molecule has 0 spiro atoms. The van der Waals surface area contributed by atoms with Crippen LogP contribution in [0.3, 0.4) is 0 Å². The largest absolute Gasteiger partial charge is 0.628 e. The van der Waals surface area contributed by atoms with E-state index in [1.165, 1.54) is 0 Å². The summed E-state index contributed by atoms with van der Waals surface area (Å²) in [6, 6.07) is 5.81. The van der Waals surface area contributed by atoms with Crippen LogP contribution in [0.15, 0.2) is 53.4 Å². The molecule has 0 fully saturated rings. The second-order valence-corrected chi connectivity index (χ2v) is 7.08. The van der Waals surface area contributed by atoms with E-state index in [2.05, 4.69) is 4.99 Å². The van der Waals surface area contributed by atoms with E-state index >= 15 is 0 Å². The van der Waals surface area contributed by atoms with Gasteiger partial charge in [-0.2, -0.15) is 0 Å². The molecule has 26 heavy (non-hydrogen) atoms. The lowest BCUT2D eigenvalue weighted by atomic mass is 9.85. The van der Waals surface area contributed by atoms with Gasteiger partial charge in [0, 0.05) is 18.7 Å². The number of quaternary nitrogens is 1. The lowest BCUT2D eigenvalue weighted by Crippen LogP contribution is -3.10. The number of nitrogens with two attached hydrogens (primary N) is 1. The smallest absolute Gasteiger partial charge is 0.242 e. The fourth-order valence-electron chi connectivity index (χ4n) is 3.24. The van der Waals surface area contributed by atoms with Crippen molar-refractivity contribution in [1.82, 2.24) is 0 Å². The van der Waals surface area contributed by atoms with Gasteiger partial charge < -0.3 is 16.0 Å². The summed E-state index contributed by atoms with van der Waals surface area (Å²) in [6.45, 7) is 7.71. The standard InChI is InChI=1S/C20H24N4O2/c1-5-6-7-18(21)24-17-10-14(15-11-22-13(2)23(26)12-15)8-9-16(17)20(3,4)19(24)25/h5-11,23H,12,21H2,1-4H3/b6-5+,18-7+. The molecule has 6 nitrogen and oxygen atoms in total. The number of aliphatic imine (C=N–C) groups is 1. The van der Waals surface area contributed by atoms with Crippen LogP contribution in [0.1, 0.15) is 38.8 Å². The van der Waals surface area contributed by atoms with Gasteiger partial charge in [-0.05, 0) is 44.0 Å². The van der Waals surface area contributed by atoms with Crippen LogP contribution in [0.2, 0.25) is 0 Å². The molecular formula is C20H24N4O2. The first-order valence-corrected chi connectivity index (χ1v) is 8.62. The molecule has 0 aliphatic carbocycles. The fraction of sp³-hybridized carbons (Fsp3) is 0.300. The van der Waals surface area contributed by atoms with Crippen molar-refractivity contribution in [3.63, 3.8) is 0 Å². The van der Waals surface area contributed by atoms with Crippen molar-refractivity contribution in [1.29, 1.82) is 0 Å². The lowest BCUT2D eigenvalue weighted by molar-refractivity contribution is -0.739. The number of fused-ring (bicyclic) bond motifs is 1. The zero-order chi connectivity index (χ0) is 19.1. The molecule has 3 N–H and O–H groups in total. The van der Waals surface area contributed by atoms with Gasteiger partial charge in [0.05, 0.1) is 11.1 Å². The lowest BCUT2D eigenvalue weighted by Gasteiger charge is -2.25. The van der Waals surface area contributed by atoms with Gasteiger partial charge in [-0.25, -0.2) is 4.99 Å². The number of allylic oxidation sites excluding steroid dienone is 3. The molecular weight excluding hydrogens is 328 g/mol. The van der Waals surface area contributed by atoms with Gasteiger partial charge in [0.15, 0.2) is 5.84 Å². The maximum Gasteiger partial charge on any atom is 0.242 e. The van der Waals surface area contributed by atoms with Crippen molar-refractivity contribution in [3.8, 4) is 0 Å². The second kappa shape index (κ2) is 6.55. The van der Waals surface area contributed by atoms with E-state index in [1.807, 2.05) is 45.0 Å². The molecule has 1 aromatic rings. The van der Waals surface area contributed by atoms with Crippen molar-refractivity contribution in [2.75, 3.05) is 11.4 Å². The monoisotopic (exact) mass is 352 g/mol. The predicted octanol–water partition coefficient (Wildman–Crippen LogP) is 1.84. The highest BCUT2D eigenvalue weighted by molar-refractivity contribution is 6.10. The fourth-order valence-corrected chi connectivity index (χ4v) is 3.24. The van der Waals surface area contributed by atoms with Gasteiger partial charge in [-0.1, -0.05) is 24.3 Å². The number of carbonyl (C=O) groups is 1. The van der Waals surface area contributed by atoms with Crippen LogP contribution in [0.5, 0.6) is 0 Å². The van der Waals surface area contributed by atoms with Crippen LogP contribution in [-0.4, -0.2) is 18.3 Å². The summed E-state index contributed by atoms with van der Waals surface area (Å²) < 4.78 is 0. The molecule has 136 valence electrons. The van der Waals surface area contributed by atoms with Crippen LogP contribution < -0.4 is 15.7 Å². The van der Waals surface area contributed by atoms with E-state index in [1.54, 1.807) is 30.2 Å². The quantitative estimate of drug-likeness (QED) is 0.643. The van der Waals surface area contributed by atoms with E-state index in [9.17, 15) is 10.0 Å². The predicted molar refractivity (Wildman–Crippen MR) is 104 cm³/mol. The van der Waals surface area contributed by atoms with Gasteiger partial charge in [0.25, 0.3) is 0 Å². The molecule has 0 saturated heterocycles. The van der Waals surface area contributed by atoms with Gasteiger partial charge in [-0.3, -0.25) is 9.69 Å². The Bertz CT molecular complexity index is 878. The zero-order valence-electron chi connectivity index (χ0n) is 15.5. The van der Waals surface area contributed by atoms with E-state index in [0.717, 1.165) is 22.4 Å². The molecule has 2 aliphatic heterocycles. The molecule has 1 amide bonds. The number of rotatable bonds is 3. The highest BCUT2D eigenvalue weighted by Gasteiger charge is 2.45. The molecule has 6 heteroatoms. The summed E-state index contributed by atoms with van der Waals surface area (Å²) >= 11 is 0. The van der Waals surface area contributed by atoms with Gasteiger partial charge in [0.1, 0.15) is 12.4 Å². The number of amides is 1. The third-order valence-electron chi connectivity index (χ3n) is 4.91. The van der Waals surface area contributed by atoms with Gasteiger partial charge in [0.2, 0.25) is 5.91 Å². The Kier molecular flexibility index (Phi) is 4.56. The average molecular weight is 352 g/mol. The molecule has 0 saturated carbocycles. The number of hydrogen-bond donors (Lipinski definition) is 2. The third kappa shape index (κ3) is 2.87. The summed E-state index contributed by atoms with van der Waals surface area (Å²) in [4.78, 5) is 18.7. The maximum atomic E-state index is 13.0. The van der Waals surface area contributed by atoms with Gasteiger partial charge >= 0.3 is 0 Å². The van der Waals surface area contributed by atoms with Crippen molar-refractivity contribution >= 4 is 23.0 Å². The van der Waals surface area contributed by atoms with Crippen molar-refractivity contribution < 1.29 is 9.86 Å². The van der Waals surface area contributed by atoms with Crippen molar-refractivity contribution in [3.05, 3.63) is 64.8 Å². The Morgan fingerprint density at radius 1 is 1.42 bits per heavy atom. The topological polar surface area (TPSA) is 86.2 Å². The highest BCUT2D eigenvalue weighted by Crippen LogP contribution is 2.43. The minimum absolute atomic E-state index is 0.0174. The molecule has 0 radical (unpaired) electrons. The van der Waals surface area contributed by atoms with E-state index in [0.29, 0.717) is 18.2 Å². The molecule has 2 heterocycles. The van der Waals surface area contributed by atoms with Crippen LogP contribution in [0.25, 0.3) is 5.57 Å². The van der Waals surface area contributed by atoms with E-state index < -0.39 is 5.41 Å². The first kappa shape index (κ1) is 18.1. The van der Waals surface area contributed by atoms with Crippen LogP contribution in [-0.2, 0) is 10.2 Å². The summed E-state index contributed by atoms with van der Waals surface area (Å²) in [6.07, 6.45) is 7.10. The first-order chi connectivity index (χ1) is 12.3. The minimum Gasteiger partial charge on any atom is -0.628 e. The second-order valence-electron chi connectivity index (χ2n) is 7.08. The summed E-state index contributed by atoms with van der Waals surface area (Å²) in [7, 11) is 0. The molecule has 0 aromatic heterocycles. The van der Waals surface area contributed by atoms with Crippen molar-refractivity contribution in [2.45, 2.75) is 33.1 Å². The van der Waals surface area contributed by atoms with Gasteiger partial charge in [-0.15, -0.1) is 0 Å². The Labute approximate surface area is 153 Å². The molecule has 3 rings (SSSR count). The molecule has 1 atom stereocenters. The van der Waals surface area contributed by atoms with E-state index in [-0.39, 0.29) is 11.0 Å². The van der Waals surface area contributed by atoms with Crippen molar-refractivity contribution in [2.24, 2.45) is 10.7 Å². The number of hydrogen-bond acceptors (Lipinski definition) is 4. The molecule has 2 aliphatic rings. The Morgan fingerprint density at radius 3 is 2.81 bits per heavy atom. The number of nitrogens with zero attached hydrogens (tertiary/aromatic N) is 2. The molecule has 1 aromatic carbocycles. The summed E-state index contributed by atoms with van der Waals surface area (Å²) in [5, 5.41) is 12.0. The van der Waals surface area contributed by atoms with Crippen LogP contribution in [0.4, 0.5) is 5.69 Å². The minimum atomic E-state index is -0.659. The van der Waals surface area contributed by atoms with Crippen LogP contribution >= 0.6 is 0 Å². The molecule has 0 bridgehead atoms. The number of hydroxylamine groups is 2. The van der Waals surface area contributed by atoms with E-state index in [4.69, 9.17) is 5.73 Å². The highest BCUT2D eigenvalue weighted by atomic mass is 16.5. The number of amidine groups is 1. The average Bonchev–Trinajstić information content (AvgIpc) is 2.81. The normalized spacial score (nSPS) is 22.5. The zero-order valence-corrected chi connectivity index (χ0v) is 15.5. The number of nitrogens with one attached hydrogen (secondary N) is 1. The SMILES string of the molecule is C/C=C/C=C(\N)N1C(=O)C(C)(C)c2ccc(C3=CN=C(C)[NH+]([O-])C3)cc21. The maximum absolute atomic E-state index is 13.0. The molecule has 1 unspecified atom stereocenters. The number of benzene rings is 1. The summed E-state index contributed by atoms with van der Waals surface area (Å²) in [5.74, 6) is 0.830. The Balaban J connectivity index is 2.10. The Hall–Kier alpha value is -2.70. The Morgan fingerprint density at radius 2 is 2.15 bits per heavy atom. The number of carbonyl (C=O) groups excluding carboxylic acids is 1. The third-order valence-corrected chi connectivity index (χ3v) is 4.91. The number of anilines is 1. The summed E-state index contributed by atoms with van der Waals surface area (Å²) in [5.41, 5.74) is 8.93. The first-order valence-electron chi connectivity index (χ1n) is 8.62.